The van der Waals surface area contributed by atoms with Gasteiger partial charge in [0.2, 0.25) is 11.2 Å². The van der Waals surface area contributed by atoms with Crippen LogP contribution >= 0.6 is 23.2 Å². The Balaban J connectivity index is 2.04. The van der Waals surface area contributed by atoms with E-state index in [1.165, 1.54) is 6.07 Å². The summed E-state index contributed by atoms with van der Waals surface area (Å²) >= 11 is 11.4. The lowest BCUT2D eigenvalue weighted by molar-refractivity contribution is -0.115. The van der Waals surface area contributed by atoms with Gasteiger partial charge in [0.25, 0.3) is 0 Å². The third-order valence-electron chi connectivity index (χ3n) is 2.43. The Bertz CT molecular complexity index is 615. The molecule has 1 N–H and O–H groups in total. The Kier molecular flexibility index (Phi) is 4.76. The Labute approximate surface area is 125 Å². The average molecular weight is 312 g/mol. The summed E-state index contributed by atoms with van der Waals surface area (Å²) in [5.41, 5.74) is 0.827. The Morgan fingerprint density at radius 1 is 1.30 bits per heavy atom. The second-order valence-electron chi connectivity index (χ2n) is 3.92. The number of ether oxygens (including phenoxy) is 1. The van der Waals surface area contributed by atoms with Crippen LogP contribution in [0.3, 0.4) is 0 Å². The fourth-order valence-electron chi connectivity index (χ4n) is 1.61. The maximum absolute atomic E-state index is 11.9. The number of methoxy groups -OCH3 is 1. The second-order valence-corrected chi connectivity index (χ2v) is 4.65. The first-order valence-electron chi connectivity index (χ1n) is 5.69. The Morgan fingerprint density at radius 3 is 2.80 bits per heavy atom. The molecule has 5 nitrogen and oxygen atoms in total. The molecule has 1 heterocycles. The van der Waals surface area contributed by atoms with Crippen molar-refractivity contribution in [3.05, 3.63) is 46.3 Å². The van der Waals surface area contributed by atoms with E-state index in [9.17, 15) is 4.79 Å². The first-order valence-corrected chi connectivity index (χ1v) is 6.45. The molecule has 0 bridgehead atoms. The van der Waals surface area contributed by atoms with Crippen LogP contribution in [0.1, 0.15) is 5.56 Å². The molecule has 0 aliphatic heterocycles. The molecule has 1 aromatic carbocycles. The minimum Gasteiger partial charge on any atom is -0.497 e. The number of aromatic nitrogens is 2. The zero-order valence-corrected chi connectivity index (χ0v) is 12.1. The van der Waals surface area contributed by atoms with Crippen LogP contribution in [0.5, 0.6) is 5.75 Å². The van der Waals surface area contributed by atoms with E-state index in [4.69, 9.17) is 27.9 Å². The number of amides is 1. The summed E-state index contributed by atoms with van der Waals surface area (Å²) in [6.07, 6.45) is 0.191. The molecule has 0 saturated carbocycles. The van der Waals surface area contributed by atoms with Crippen LogP contribution in [0.4, 0.5) is 5.82 Å². The minimum atomic E-state index is -0.232. The smallest absolute Gasteiger partial charge is 0.229 e. The Morgan fingerprint density at radius 2 is 2.10 bits per heavy atom. The highest BCUT2D eigenvalue weighted by Gasteiger charge is 2.08. The zero-order valence-electron chi connectivity index (χ0n) is 10.6. The predicted molar refractivity (Wildman–Crippen MR) is 77.4 cm³/mol. The first-order chi connectivity index (χ1) is 9.56. The number of halogens is 2. The van der Waals surface area contributed by atoms with Gasteiger partial charge in [0.15, 0.2) is 0 Å². The molecule has 1 amide bonds. The minimum absolute atomic E-state index is 0.0193. The van der Waals surface area contributed by atoms with Gasteiger partial charge in [-0.3, -0.25) is 4.79 Å². The molecule has 0 aliphatic carbocycles. The number of benzene rings is 1. The van der Waals surface area contributed by atoms with Crippen molar-refractivity contribution in [2.45, 2.75) is 6.42 Å². The molecule has 0 radical (unpaired) electrons. The summed E-state index contributed by atoms with van der Waals surface area (Å²) in [5, 5.41) is 2.76. The summed E-state index contributed by atoms with van der Waals surface area (Å²) in [5.74, 6) is 0.732. The van der Waals surface area contributed by atoms with Gasteiger partial charge >= 0.3 is 0 Å². The van der Waals surface area contributed by atoms with Gasteiger partial charge in [0.1, 0.15) is 16.7 Å². The van der Waals surface area contributed by atoms with Gasteiger partial charge in [-0.2, -0.15) is 0 Å². The van der Waals surface area contributed by atoms with E-state index < -0.39 is 0 Å². The maximum atomic E-state index is 11.9. The van der Waals surface area contributed by atoms with Crippen molar-refractivity contribution >= 4 is 34.9 Å². The van der Waals surface area contributed by atoms with E-state index in [1.54, 1.807) is 13.2 Å². The highest BCUT2D eigenvalue weighted by Crippen LogP contribution is 2.16. The van der Waals surface area contributed by atoms with Crippen molar-refractivity contribution in [1.29, 1.82) is 0 Å². The number of anilines is 1. The quantitative estimate of drug-likeness (QED) is 0.696. The van der Waals surface area contributed by atoms with Crippen molar-refractivity contribution in [2.24, 2.45) is 0 Å². The van der Waals surface area contributed by atoms with Gasteiger partial charge in [-0.1, -0.05) is 23.7 Å². The van der Waals surface area contributed by atoms with E-state index in [1.807, 2.05) is 18.2 Å². The molecule has 0 fully saturated rings. The van der Waals surface area contributed by atoms with Crippen LogP contribution in [0.25, 0.3) is 0 Å². The first kappa shape index (κ1) is 14.6. The standard InChI is InChI=1S/C13H11Cl2N3O2/c1-20-9-4-2-3-8(5-9)6-12(19)17-11-7-10(14)16-13(15)18-11/h2-5,7H,6H2,1H3,(H,16,17,18,19). The molecule has 0 saturated heterocycles. The fourth-order valence-corrected chi connectivity index (χ4v) is 2.02. The molecule has 0 unspecified atom stereocenters. The van der Waals surface area contributed by atoms with Crippen LogP contribution in [0.2, 0.25) is 10.4 Å². The molecule has 0 spiro atoms. The number of carbonyl (C=O) groups excluding carboxylic acids is 1. The van der Waals surface area contributed by atoms with Crippen LogP contribution in [-0.2, 0) is 11.2 Å². The molecule has 1 aromatic heterocycles. The molecule has 104 valence electrons. The van der Waals surface area contributed by atoms with Crippen molar-refractivity contribution in [1.82, 2.24) is 9.97 Å². The lowest BCUT2D eigenvalue weighted by Crippen LogP contribution is -2.15. The molecule has 2 aromatic rings. The molecule has 7 heteroatoms. The zero-order chi connectivity index (χ0) is 14.5. The molecular weight excluding hydrogens is 301 g/mol. The van der Waals surface area contributed by atoms with Gasteiger partial charge in [0, 0.05) is 6.07 Å². The molecule has 0 aliphatic rings. The fraction of sp³-hybridized carbons (Fsp3) is 0.154. The second kappa shape index (κ2) is 6.54. The molecule has 2 rings (SSSR count). The monoisotopic (exact) mass is 311 g/mol. The third-order valence-corrected chi connectivity index (χ3v) is 2.80. The number of nitrogens with one attached hydrogen (secondary N) is 1. The van der Waals surface area contributed by atoms with Crippen LogP contribution in [0, 0.1) is 0 Å². The van der Waals surface area contributed by atoms with Gasteiger partial charge in [0.05, 0.1) is 13.5 Å². The van der Waals surface area contributed by atoms with E-state index in [2.05, 4.69) is 15.3 Å². The average Bonchev–Trinajstić information content (AvgIpc) is 2.37. The topological polar surface area (TPSA) is 64.1 Å². The van der Waals surface area contributed by atoms with Crippen molar-refractivity contribution in [3.8, 4) is 5.75 Å². The van der Waals surface area contributed by atoms with Crippen molar-refractivity contribution in [2.75, 3.05) is 12.4 Å². The van der Waals surface area contributed by atoms with Crippen LogP contribution < -0.4 is 10.1 Å². The van der Waals surface area contributed by atoms with E-state index in [-0.39, 0.29) is 28.6 Å². The van der Waals surface area contributed by atoms with E-state index >= 15 is 0 Å². The van der Waals surface area contributed by atoms with E-state index in [0.29, 0.717) is 5.75 Å². The highest BCUT2D eigenvalue weighted by atomic mass is 35.5. The molecular formula is C13H11Cl2N3O2. The van der Waals surface area contributed by atoms with Gasteiger partial charge < -0.3 is 10.1 Å². The summed E-state index contributed by atoms with van der Waals surface area (Å²) in [6.45, 7) is 0. The normalized spacial score (nSPS) is 10.2. The predicted octanol–water partition coefficient (Wildman–Crippen LogP) is 2.97. The van der Waals surface area contributed by atoms with Crippen LogP contribution in [-0.4, -0.2) is 23.0 Å². The molecule has 20 heavy (non-hydrogen) atoms. The number of carbonyl (C=O) groups is 1. The van der Waals surface area contributed by atoms with E-state index in [0.717, 1.165) is 5.56 Å². The largest absolute Gasteiger partial charge is 0.497 e. The summed E-state index contributed by atoms with van der Waals surface area (Å²) in [6, 6.07) is 8.68. The number of rotatable bonds is 4. The maximum Gasteiger partial charge on any atom is 0.229 e. The number of nitrogens with zero attached hydrogens (tertiary/aromatic N) is 2. The SMILES string of the molecule is COc1cccc(CC(=O)Nc2cc(Cl)nc(Cl)n2)c1. The summed E-state index contributed by atoms with van der Waals surface area (Å²) < 4.78 is 5.10. The van der Waals surface area contributed by atoms with Gasteiger partial charge in [-0.25, -0.2) is 9.97 Å². The van der Waals surface area contributed by atoms with Crippen LogP contribution in [0.15, 0.2) is 30.3 Å². The molecule has 0 atom stereocenters. The number of hydrogen-bond acceptors (Lipinski definition) is 4. The summed E-state index contributed by atoms with van der Waals surface area (Å²) in [4.78, 5) is 19.5. The summed E-state index contributed by atoms with van der Waals surface area (Å²) in [7, 11) is 1.57. The third kappa shape index (κ3) is 4.08. The number of hydrogen-bond donors (Lipinski definition) is 1. The highest BCUT2D eigenvalue weighted by molar-refractivity contribution is 6.32. The lowest BCUT2D eigenvalue weighted by atomic mass is 10.1. The van der Waals surface area contributed by atoms with Gasteiger partial charge in [-0.15, -0.1) is 0 Å². The Hall–Kier alpha value is -1.85. The lowest BCUT2D eigenvalue weighted by Gasteiger charge is -2.06. The van der Waals surface area contributed by atoms with Gasteiger partial charge in [-0.05, 0) is 29.3 Å². The van der Waals surface area contributed by atoms with Crippen molar-refractivity contribution in [3.63, 3.8) is 0 Å². The van der Waals surface area contributed by atoms with Crippen molar-refractivity contribution < 1.29 is 9.53 Å².